The summed E-state index contributed by atoms with van der Waals surface area (Å²) in [5.41, 5.74) is 3.08. The summed E-state index contributed by atoms with van der Waals surface area (Å²) in [6, 6.07) is 7.61. The molecule has 3 heteroatoms. The predicted octanol–water partition coefficient (Wildman–Crippen LogP) is 12.7. The molecule has 0 aliphatic heterocycles. The van der Waals surface area contributed by atoms with E-state index in [2.05, 4.69) is 33.8 Å². The lowest BCUT2D eigenvalue weighted by atomic mass is 9.47. The fraction of sp³-hybridized carbons (Fsp3) is 0.791. The van der Waals surface area contributed by atoms with E-state index in [4.69, 9.17) is 9.47 Å². The number of carbonyl (C=O) groups excluding carboxylic acids is 1. The van der Waals surface area contributed by atoms with E-state index >= 15 is 0 Å². The zero-order valence-electron chi connectivity index (χ0n) is 30.3. The van der Waals surface area contributed by atoms with E-state index < -0.39 is 0 Å². The van der Waals surface area contributed by atoms with Crippen molar-refractivity contribution in [2.24, 2.45) is 34.5 Å². The Morgan fingerprint density at radius 3 is 2.15 bits per heavy atom. The van der Waals surface area contributed by atoms with Gasteiger partial charge in [-0.25, -0.2) is 4.79 Å². The normalized spacial score (nSPS) is 31.8. The first-order valence-corrected chi connectivity index (χ1v) is 20.0. The quantitative estimate of drug-likeness (QED) is 0.0917. The molecule has 3 saturated carbocycles. The molecule has 0 radical (unpaired) electrons. The second kappa shape index (κ2) is 17.1. The lowest BCUT2D eigenvalue weighted by Crippen LogP contribution is -2.50. The molecule has 0 heterocycles. The third kappa shape index (κ3) is 8.44. The molecule has 1 aromatic rings. The van der Waals surface area contributed by atoms with Crippen molar-refractivity contribution in [3.63, 3.8) is 0 Å². The Bertz CT molecular complexity index is 1110. The summed E-state index contributed by atoms with van der Waals surface area (Å²) in [6.07, 6.45) is 31.6. The average molecular weight is 633 g/mol. The van der Waals surface area contributed by atoms with Crippen LogP contribution in [0.1, 0.15) is 179 Å². The van der Waals surface area contributed by atoms with E-state index in [0.29, 0.717) is 16.4 Å². The predicted molar refractivity (Wildman–Crippen MR) is 192 cm³/mol. The van der Waals surface area contributed by atoms with Gasteiger partial charge in [-0.2, -0.15) is 0 Å². The van der Waals surface area contributed by atoms with Gasteiger partial charge in [0.05, 0.1) is 12.2 Å². The monoisotopic (exact) mass is 633 g/mol. The molecule has 5 rings (SSSR count). The number of hydrogen-bond acceptors (Lipinski definition) is 3. The number of carbonyl (C=O) groups is 1. The Morgan fingerprint density at radius 2 is 1.43 bits per heavy atom. The van der Waals surface area contributed by atoms with Crippen molar-refractivity contribution in [3.05, 3.63) is 41.5 Å². The minimum Gasteiger partial charge on any atom is -0.494 e. The lowest BCUT2D eigenvalue weighted by molar-refractivity contribution is -0.0536. The molecule has 4 aliphatic rings. The minimum atomic E-state index is -0.183. The third-order valence-electron chi connectivity index (χ3n) is 13.5. The number of unbranched alkanes of at least 4 members (excludes halogenated alkanes) is 11. The Morgan fingerprint density at radius 1 is 0.761 bits per heavy atom. The van der Waals surface area contributed by atoms with Gasteiger partial charge in [-0.1, -0.05) is 116 Å². The Labute approximate surface area is 283 Å². The van der Waals surface area contributed by atoms with Gasteiger partial charge in [0.25, 0.3) is 0 Å². The smallest absolute Gasteiger partial charge is 0.338 e. The summed E-state index contributed by atoms with van der Waals surface area (Å²) in [4.78, 5) is 13.1. The van der Waals surface area contributed by atoms with Gasteiger partial charge in [-0.3, -0.25) is 0 Å². The van der Waals surface area contributed by atoms with Gasteiger partial charge in [-0.15, -0.1) is 0 Å². The highest BCUT2D eigenvalue weighted by Crippen LogP contribution is 2.66. The van der Waals surface area contributed by atoms with E-state index in [-0.39, 0.29) is 12.1 Å². The molecule has 3 fully saturated rings. The van der Waals surface area contributed by atoms with E-state index in [1.54, 1.807) is 5.57 Å². The highest BCUT2D eigenvalue weighted by Gasteiger charge is 2.58. The van der Waals surface area contributed by atoms with Crippen molar-refractivity contribution in [2.75, 3.05) is 6.61 Å². The van der Waals surface area contributed by atoms with Crippen LogP contribution in [0.3, 0.4) is 0 Å². The van der Waals surface area contributed by atoms with Gasteiger partial charge in [0.2, 0.25) is 0 Å². The van der Waals surface area contributed by atoms with Crippen molar-refractivity contribution in [3.8, 4) is 5.75 Å². The molecule has 0 saturated heterocycles. The molecular formula is C43H68O3. The molecule has 46 heavy (non-hydrogen) atoms. The van der Waals surface area contributed by atoms with Gasteiger partial charge in [0.15, 0.2) is 0 Å². The number of rotatable bonds is 18. The molecule has 0 aromatic heterocycles. The standard InChI is InChI=1S/C43H68O3/c1-5-7-9-11-13-15-17-31-45-36-23-19-33(20-24-36)41(44)46-37-27-29-43(4)35(32-37)21-25-38-39-26-22-34(18-16-14-12-10-8-6-2)42(39,3)30-28-40(38)43/h19-21,23-24,34,37-40H,5-18,22,25-32H2,1-4H3/t34-,37-,38-,39-,40-,42+,43-/m0/s1. The maximum Gasteiger partial charge on any atom is 0.338 e. The lowest BCUT2D eigenvalue weighted by Gasteiger charge is -2.58. The van der Waals surface area contributed by atoms with Gasteiger partial charge < -0.3 is 9.47 Å². The molecule has 1 aromatic carbocycles. The van der Waals surface area contributed by atoms with E-state index in [0.717, 1.165) is 61.7 Å². The number of ether oxygens (including phenoxy) is 2. The van der Waals surface area contributed by atoms with Crippen LogP contribution in [-0.2, 0) is 4.74 Å². The Hall–Kier alpha value is -1.77. The molecule has 0 spiro atoms. The number of fused-ring (bicyclic) bond motifs is 5. The third-order valence-corrected chi connectivity index (χ3v) is 13.5. The van der Waals surface area contributed by atoms with Crippen molar-refractivity contribution < 1.29 is 14.3 Å². The second-order valence-corrected chi connectivity index (χ2v) is 16.4. The van der Waals surface area contributed by atoms with Crippen molar-refractivity contribution in [1.29, 1.82) is 0 Å². The molecule has 0 N–H and O–H groups in total. The van der Waals surface area contributed by atoms with Crippen molar-refractivity contribution in [2.45, 2.75) is 175 Å². The maximum atomic E-state index is 13.1. The van der Waals surface area contributed by atoms with Crippen LogP contribution in [0.15, 0.2) is 35.9 Å². The van der Waals surface area contributed by atoms with Crippen LogP contribution in [0.2, 0.25) is 0 Å². The van der Waals surface area contributed by atoms with Crippen LogP contribution in [0.5, 0.6) is 5.75 Å². The fourth-order valence-corrected chi connectivity index (χ4v) is 10.6. The fourth-order valence-electron chi connectivity index (χ4n) is 10.6. The van der Waals surface area contributed by atoms with Crippen LogP contribution < -0.4 is 4.74 Å². The number of benzene rings is 1. The molecule has 258 valence electrons. The first-order valence-electron chi connectivity index (χ1n) is 20.0. The molecule has 4 aliphatic carbocycles. The number of allylic oxidation sites excluding steroid dienone is 1. The molecule has 7 atom stereocenters. The van der Waals surface area contributed by atoms with Crippen LogP contribution >= 0.6 is 0 Å². The van der Waals surface area contributed by atoms with E-state index in [9.17, 15) is 4.79 Å². The van der Waals surface area contributed by atoms with E-state index in [1.807, 2.05) is 24.3 Å². The molecule has 0 unspecified atom stereocenters. The largest absolute Gasteiger partial charge is 0.494 e. The first-order chi connectivity index (χ1) is 22.4. The first kappa shape index (κ1) is 35.5. The summed E-state index contributed by atoms with van der Waals surface area (Å²) < 4.78 is 12.1. The minimum absolute atomic E-state index is 0.00123. The van der Waals surface area contributed by atoms with Crippen molar-refractivity contribution in [1.82, 2.24) is 0 Å². The maximum absolute atomic E-state index is 13.1. The molecular weight excluding hydrogens is 564 g/mol. The average Bonchev–Trinajstić information content (AvgIpc) is 3.40. The van der Waals surface area contributed by atoms with Crippen LogP contribution in [0, 0.1) is 34.5 Å². The second-order valence-electron chi connectivity index (χ2n) is 16.4. The molecule has 0 amide bonds. The highest BCUT2D eigenvalue weighted by molar-refractivity contribution is 5.89. The Kier molecular flexibility index (Phi) is 13.2. The van der Waals surface area contributed by atoms with Gasteiger partial charge in [0.1, 0.15) is 11.9 Å². The Balaban J connectivity index is 1.08. The van der Waals surface area contributed by atoms with E-state index in [1.165, 1.54) is 116 Å². The van der Waals surface area contributed by atoms with Gasteiger partial charge >= 0.3 is 5.97 Å². The van der Waals surface area contributed by atoms with Crippen LogP contribution in [-0.4, -0.2) is 18.7 Å². The summed E-state index contributed by atoms with van der Waals surface area (Å²) in [5, 5.41) is 0. The van der Waals surface area contributed by atoms with Crippen LogP contribution in [0.4, 0.5) is 0 Å². The van der Waals surface area contributed by atoms with Gasteiger partial charge in [0, 0.05) is 6.42 Å². The SMILES string of the molecule is CCCCCCCCCOc1ccc(C(=O)O[C@H]2CC[C@@]3(C)C(=CC[C@H]4[C@@H]5CC[C@H](CCCCCCCC)[C@@]5(C)CC[C@@H]43)C2)cc1. The van der Waals surface area contributed by atoms with Gasteiger partial charge in [-0.05, 0) is 117 Å². The summed E-state index contributed by atoms with van der Waals surface area (Å²) in [5.74, 6) is 4.18. The van der Waals surface area contributed by atoms with Crippen molar-refractivity contribution >= 4 is 5.97 Å². The summed E-state index contributed by atoms with van der Waals surface area (Å²) in [6.45, 7) is 10.6. The van der Waals surface area contributed by atoms with Crippen LogP contribution in [0.25, 0.3) is 0 Å². The summed E-state index contributed by atoms with van der Waals surface area (Å²) >= 11 is 0. The number of esters is 1. The topological polar surface area (TPSA) is 35.5 Å². The summed E-state index contributed by atoms with van der Waals surface area (Å²) in [7, 11) is 0. The zero-order chi connectivity index (χ0) is 32.4. The molecule has 0 bridgehead atoms. The highest BCUT2D eigenvalue weighted by atomic mass is 16.5. The number of hydrogen-bond donors (Lipinski definition) is 0. The molecule has 3 nitrogen and oxygen atoms in total. The zero-order valence-corrected chi connectivity index (χ0v) is 30.3.